The molecule has 0 saturated heterocycles. The molecule has 0 unspecified atom stereocenters. The molecule has 0 atom stereocenters. The van der Waals surface area contributed by atoms with E-state index in [1.165, 1.54) is 0 Å². The second-order valence-corrected chi connectivity index (χ2v) is 0. The Morgan fingerprint density at radius 2 is 0.556 bits per heavy atom. The Bertz CT molecular complexity index is 15.8. The summed E-state index contributed by atoms with van der Waals surface area (Å²) in [6.45, 7) is 0. The first-order valence-corrected chi connectivity index (χ1v) is 0. The molecule has 0 fully saturated rings. The molecular weight excluding hydrogens is 315 g/mol. The molecule has 0 spiro atoms. The molecule has 0 aromatic rings. The van der Waals surface area contributed by atoms with Gasteiger partial charge < -0.3 is 21.9 Å². The smallest absolute Gasteiger partial charge is 0 e. The number of rotatable bonds is 0. The summed E-state index contributed by atoms with van der Waals surface area (Å²) in [7, 11) is 0. The van der Waals surface area contributed by atoms with Gasteiger partial charge in [0.25, 0.3) is 0 Å². The van der Waals surface area contributed by atoms with Gasteiger partial charge in [-0.2, -0.15) is 0 Å². The molecule has 0 aromatic heterocycles. The Kier molecular flexibility index (Phi) is 20800. The van der Waals surface area contributed by atoms with Gasteiger partial charge in [-0.25, -0.2) is 0 Å². The van der Waals surface area contributed by atoms with Crippen LogP contribution in [0.5, 0.6) is 0 Å². The summed E-state index contributed by atoms with van der Waals surface area (Å²) < 4.78 is 0. The first kappa shape index (κ1) is 510. The minimum Gasteiger partial charge on any atom is -0.870 e. The van der Waals surface area contributed by atoms with Crippen LogP contribution < -0.4 is 0 Å². The van der Waals surface area contributed by atoms with Crippen LogP contribution in [0.4, 0.5) is 0 Å². The van der Waals surface area contributed by atoms with E-state index in [0.717, 1.165) is 0 Å². The van der Waals surface area contributed by atoms with Crippen molar-refractivity contribution in [3.63, 3.8) is 0 Å². The first-order chi connectivity index (χ1) is 0. The van der Waals surface area contributed by atoms with E-state index in [1.807, 2.05) is 0 Å². The Morgan fingerprint density at radius 1 is 0.556 bits per heavy atom. The zero-order chi connectivity index (χ0) is 0. The topological polar surface area (TPSA) is 124 Å². The van der Waals surface area contributed by atoms with Crippen LogP contribution in [0.3, 0.4) is 0 Å². The third-order valence-electron chi connectivity index (χ3n) is 0. The normalized spacial score (nSPS) is 0. The summed E-state index contributed by atoms with van der Waals surface area (Å²) in [4.78, 5) is 0. The minimum atomic E-state index is 0. The summed E-state index contributed by atoms with van der Waals surface area (Å²) in [6.07, 6.45) is 0. The molecule has 0 rings (SSSR count). The van der Waals surface area contributed by atoms with Gasteiger partial charge in [-0.1, -0.05) is 22.3 Å². The van der Waals surface area contributed by atoms with Crippen molar-refractivity contribution in [3.8, 4) is 0 Å². The molecule has 9 heavy (non-hydrogen) atoms. The van der Waals surface area contributed by atoms with Crippen LogP contribution >= 0.6 is 0 Å². The molecule has 7 N–H and O–H groups in total. The van der Waals surface area contributed by atoms with Crippen LogP contribution in [0.15, 0.2) is 0 Å². The molecular formula is C3H19MoO4Sn-. The fraction of sp³-hybridized carbons (Fsp3) is 1.00. The van der Waals surface area contributed by atoms with E-state index in [-0.39, 0.29) is 89.2 Å². The third kappa shape index (κ3) is 284. The molecule has 0 aliphatic rings. The van der Waals surface area contributed by atoms with Crippen molar-refractivity contribution in [3.05, 3.63) is 0 Å². The van der Waals surface area contributed by atoms with Crippen LogP contribution in [-0.4, -0.2) is 45.8 Å². The van der Waals surface area contributed by atoms with E-state index in [4.69, 9.17) is 0 Å². The molecule has 0 amide bonds. The summed E-state index contributed by atoms with van der Waals surface area (Å²) in [5, 5.41) is 0. The van der Waals surface area contributed by atoms with E-state index >= 15 is 0 Å². The Morgan fingerprint density at radius 3 is 0.556 bits per heavy atom. The second kappa shape index (κ2) is 367. The van der Waals surface area contributed by atoms with Crippen molar-refractivity contribution in [2.24, 2.45) is 0 Å². The van der Waals surface area contributed by atoms with Crippen LogP contribution in [0.25, 0.3) is 0 Å². The van der Waals surface area contributed by atoms with E-state index in [1.54, 1.807) is 0 Å². The molecule has 4 nitrogen and oxygen atoms in total. The fourth-order valence-corrected chi connectivity index (χ4v) is 0. The Balaban J connectivity index is 0. The van der Waals surface area contributed by atoms with Gasteiger partial charge in [0.2, 0.25) is 0 Å². The van der Waals surface area contributed by atoms with Crippen molar-refractivity contribution in [2.75, 3.05) is 0 Å². The number of hydrogen-bond acceptors (Lipinski definition) is 1. The first-order valence-electron chi connectivity index (χ1n) is 0. The van der Waals surface area contributed by atoms with Crippen LogP contribution in [0.1, 0.15) is 22.3 Å². The minimum absolute atomic E-state index is 0. The van der Waals surface area contributed by atoms with Crippen molar-refractivity contribution in [1.29, 1.82) is 0 Å². The molecule has 0 bridgehead atoms. The summed E-state index contributed by atoms with van der Waals surface area (Å²) in [6, 6.07) is 0. The van der Waals surface area contributed by atoms with Crippen LogP contribution in [0.2, 0.25) is 0 Å². The average molecular weight is 334 g/mol. The van der Waals surface area contributed by atoms with Crippen LogP contribution in [0, 0.1) is 0 Å². The van der Waals surface area contributed by atoms with Crippen molar-refractivity contribution in [2.45, 2.75) is 22.3 Å². The molecule has 66 valence electrons. The zero-order valence-corrected chi connectivity index (χ0v) is 7.72. The standard InChI is InChI=1S/3CH4.Mo.4H2O.Sn/h3*1H4;;4*1H2;/p-1. The molecule has 0 heterocycles. The Labute approximate surface area is 88.9 Å². The van der Waals surface area contributed by atoms with E-state index in [2.05, 4.69) is 0 Å². The van der Waals surface area contributed by atoms with Crippen molar-refractivity contribution in [1.82, 2.24) is 0 Å². The van der Waals surface area contributed by atoms with Gasteiger partial charge in [0.15, 0.2) is 0 Å². The SMILES string of the molecule is C.C.C.O.O.O.[Mo].[OH-].[Sn]. The second-order valence-electron chi connectivity index (χ2n) is 0. The van der Waals surface area contributed by atoms with Gasteiger partial charge in [-0.3, -0.25) is 0 Å². The van der Waals surface area contributed by atoms with Crippen molar-refractivity contribution < 1.29 is 43.0 Å². The maximum Gasteiger partial charge on any atom is 0 e. The fourth-order valence-electron chi connectivity index (χ4n) is 0. The van der Waals surface area contributed by atoms with Gasteiger partial charge in [0.05, 0.1) is 0 Å². The maximum absolute atomic E-state index is 0. The van der Waals surface area contributed by atoms with E-state index < -0.39 is 0 Å². The van der Waals surface area contributed by atoms with Gasteiger partial charge in [-0.15, -0.1) is 0 Å². The van der Waals surface area contributed by atoms with Gasteiger partial charge >= 0.3 is 0 Å². The zero-order valence-electron chi connectivity index (χ0n) is 2.86. The summed E-state index contributed by atoms with van der Waals surface area (Å²) >= 11 is 0. The van der Waals surface area contributed by atoms with Crippen molar-refractivity contribution >= 4 is 23.9 Å². The third-order valence-corrected chi connectivity index (χ3v) is 0. The predicted molar refractivity (Wildman–Crippen MR) is 38.7 cm³/mol. The molecule has 6 heteroatoms. The summed E-state index contributed by atoms with van der Waals surface area (Å²) in [5.41, 5.74) is 0. The average Bonchev–Trinajstić information content (AvgIpc) is 0. The molecule has 0 aliphatic carbocycles. The molecule has 4 radical (unpaired) electrons. The molecule has 0 saturated carbocycles. The van der Waals surface area contributed by atoms with Crippen LogP contribution in [-0.2, 0) is 21.1 Å². The van der Waals surface area contributed by atoms with Gasteiger partial charge in [0, 0.05) is 45.0 Å². The maximum atomic E-state index is 0. The number of hydrogen-bond donors (Lipinski definition) is 0. The predicted octanol–water partition coefficient (Wildman–Crippen LogP) is -1.13. The quantitative estimate of drug-likeness (QED) is 0.511. The van der Waals surface area contributed by atoms with E-state index in [9.17, 15) is 0 Å². The molecule has 0 aliphatic heterocycles. The molecule has 0 aromatic carbocycles. The largest absolute Gasteiger partial charge is 0.870 e. The Hall–Kier alpha value is 1.33. The summed E-state index contributed by atoms with van der Waals surface area (Å²) in [5.74, 6) is 0. The van der Waals surface area contributed by atoms with Gasteiger partial charge in [0.1, 0.15) is 0 Å². The monoisotopic (exact) mass is 337 g/mol. The van der Waals surface area contributed by atoms with Gasteiger partial charge in [-0.05, 0) is 0 Å². The van der Waals surface area contributed by atoms with E-state index in [0.29, 0.717) is 0 Å².